The number of carbonyl (C=O) groups excluding carboxylic acids is 1. The van der Waals surface area contributed by atoms with Crippen LogP contribution < -0.4 is 5.73 Å². The van der Waals surface area contributed by atoms with Crippen LogP contribution in [0.4, 0.5) is 0 Å². The lowest BCUT2D eigenvalue weighted by Gasteiger charge is -2.05. The van der Waals surface area contributed by atoms with E-state index >= 15 is 0 Å². The molecule has 0 aliphatic rings. The monoisotopic (exact) mass is 272 g/mol. The van der Waals surface area contributed by atoms with E-state index in [1.165, 1.54) is 11.3 Å². The van der Waals surface area contributed by atoms with E-state index in [0.717, 1.165) is 16.3 Å². The van der Waals surface area contributed by atoms with E-state index in [9.17, 15) is 4.79 Å². The Morgan fingerprint density at radius 3 is 2.84 bits per heavy atom. The molecule has 0 aliphatic carbocycles. The van der Waals surface area contributed by atoms with Crippen LogP contribution in [0.3, 0.4) is 0 Å². The van der Waals surface area contributed by atoms with E-state index in [-0.39, 0.29) is 5.78 Å². The van der Waals surface area contributed by atoms with Crippen molar-refractivity contribution < 1.29 is 4.79 Å². The number of nitrogens with two attached hydrogens (primary N) is 1. The highest BCUT2D eigenvalue weighted by Crippen LogP contribution is 2.22. The quantitative estimate of drug-likeness (QED) is 0.823. The van der Waals surface area contributed by atoms with Gasteiger partial charge < -0.3 is 5.73 Å². The molecule has 0 saturated carbocycles. The van der Waals surface area contributed by atoms with Gasteiger partial charge in [0, 0.05) is 10.9 Å². The van der Waals surface area contributed by atoms with Crippen molar-refractivity contribution in [1.29, 1.82) is 0 Å². The van der Waals surface area contributed by atoms with Crippen LogP contribution in [0.25, 0.3) is 11.3 Å². The summed E-state index contributed by atoms with van der Waals surface area (Å²) < 4.78 is 0. The molecule has 4 heteroatoms. The van der Waals surface area contributed by atoms with Gasteiger partial charge in [-0.25, -0.2) is 4.98 Å². The van der Waals surface area contributed by atoms with Gasteiger partial charge in [0.1, 0.15) is 5.01 Å². The summed E-state index contributed by atoms with van der Waals surface area (Å²) in [6.45, 7) is 3.59. The summed E-state index contributed by atoms with van der Waals surface area (Å²) in [6, 6.07) is 9.45. The maximum atomic E-state index is 11.8. The number of nitrogens with zero attached hydrogens (tertiary/aromatic N) is 1. The summed E-state index contributed by atoms with van der Waals surface area (Å²) in [5.74, 6) is 0.00821. The summed E-state index contributed by atoms with van der Waals surface area (Å²) in [4.78, 5) is 16.3. The fourth-order valence-corrected chi connectivity index (χ4v) is 2.54. The number of Topliss-reactive ketones (excluding diaryl/α,β-unsaturated/α-hetero) is 1. The van der Waals surface area contributed by atoms with Crippen molar-refractivity contribution in [2.24, 2.45) is 5.73 Å². The zero-order valence-corrected chi connectivity index (χ0v) is 11.4. The molecule has 0 bridgehead atoms. The van der Waals surface area contributed by atoms with Crippen molar-refractivity contribution in [3.8, 4) is 11.3 Å². The minimum atomic E-state index is -0.471. The predicted octanol–water partition coefficient (Wildman–Crippen LogP) is 2.83. The fourth-order valence-electron chi connectivity index (χ4n) is 1.72. The number of aromatic nitrogens is 1. The van der Waals surface area contributed by atoms with Gasteiger partial charge >= 0.3 is 0 Å². The zero-order valence-electron chi connectivity index (χ0n) is 10.6. The molecule has 2 rings (SSSR count). The topological polar surface area (TPSA) is 56.0 Å². The summed E-state index contributed by atoms with van der Waals surface area (Å²) in [7, 11) is 0. The van der Waals surface area contributed by atoms with Crippen LogP contribution in [0.5, 0.6) is 0 Å². The third-order valence-electron chi connectivity index (χ3n) is 2.78. The molecule has 0 amide bonds. The maximum absolute atomic E-state index is 11.8. The van der Waals surface area contributed by atoms with Crippen LogP contribution in [-0.2, 0) is 11.2 Å². The van der Waals surface area contributed by atoms with Gasteiger partial charge in [-0.3, -0.25) is 4.79 Å². The van der Waals surface area contributed by atoms with Gasteiger partial charge in [0.2, 0.25) is 0 Å². The lowest BCUT2D eigenvalue weighted by Crippen LogP contribution is -2.31. The fraction of sp³-hybridized carbons (Fsp3) is 0.200. The van der Waals surface area contributed by atoms with Crippen molar-refractivity contribution in [3.05, 3.63) is 53.4 Å². The molecule has 3 nitrogen and oxygen atoms in total. The smallest absolute Gasteiger partial charge is 0.156 e. The van der Waals surface area contributed by atoms with E-state index in [0.29, 0.717) is 12.8 Å². The molecule has 0 aliphatic heterocycles. The van der Waals surface area contributed by atoms with Gasteiger partial charge in [-0.15, -0.1) is 17.9 Å². The van der Waals surface area contributed by atoms with E-state index in [1.807, 2.05) is 35.7 Å². The molecule has 0 saturated heterocycles. The number of benzene rings is 1. The molecular formula is C15H16N2OS. The van der Waals surface area contributed by atoms with Crippen LogP contribution in [-0.4, -0.2) is 16.8 Å². The number of hydrogen-bond donors (Lipinski definition) is 1. The second-order valence-corrected chi connectivity index (χ2v) is 5.21. The Bertz CT molecular complexity index is 563. The standard InChI is InChI=1S/C15H16N2OS/c1-2-6-12(16)14(18)9-15-17-13(10-19-15)11-7-4-3-5-8-11/h2-5,7-8,10,12H,1,6,9,16H2. The van der Waals surface area contributed by atoms with Crippen LogP contribution in [0, 0.1) is 0 Å². The average Bonchev–Trinajstić information content (AvgIpc) is 2.88. The molecular weight excluding hydrogens is 256 g/mol. The summed E-state index contributed by atoms with van der Waals surface area (Å²) in [6.07, 6.45) is 2.47. The molecule has 98 valence electrons. The van der Waals surface area contributed by atoms with Gasteiger partial charge in [0.25, 0.3) is 0 Å². The lowest BCUT2D eigenvalue weighted by molar-refractivity contribution is -0.119. The molecule has 0 radical (unpaired) electrons. The molecule has 1 atom stereocenters. The highest BCUT2D eigenvalue weighted by atomic mass is 32.1. The molecule has 2 aromatic rings. The molecule has 0 fully saturated rings. The van der Waals surface area contributed by atoms with Gasteiger partial charge in [-0.05, 0) is 6.42 Å². The Morgan fingerprint density at radius 1 is 1.42 bits per heavy atom. The van der Waals surface area contributed by atoms with Crippen LogP contribution in [0.15, 0.2) is 48.4 Å². The lowest BCUT2D eigenvalue weighted by atomic mass is 10.1. The van der Waals surface area contributed by atoms with Gasteiger partial charge in [0.05, 0.1) is 18.2 Å². The first-order chi connectivity index (χ1) is 9.20. The van der Waals surface area contributed by atoms with Crippen molar-refractivity contribution >= 4 is 17.1 Å². The number of rotatable bonds is 6. The zero-order chi connectivity index (χ0) is 13.7. The Kier molecular flexibility index (Phi) is 4.60. The van der Waals surface area contributed by atoms with Crippen molar-refractivity contribution in [2.45, 2.75) is 18.9 Å². The Morgan fingerprint density at radius 2 is 2.16 bits per heavy atom. The first-order valence-electron chi connectivity index (χ1n) is 6.09. The average molecular weight is 272 g/mol. The van der Waals surface area contributed by atoms with Crippen molar-refractivity contribution in [3.63, 3.8) is 0 Å². The van der Waals surface area contributed by atoms with Crippen molar-refractivity contribution in [1.82, 2.24) is 4.98 Å². The Labute approximate surface area is 116 Å². The number of ketones is 1. The normalized spacial score (nSPS) is 12.1. The molecule has 1 unspecified atom stereocenters. The molecule has 1 heterocycles. The SMILES string of the molecule is C=CCC(N)C(=O)Cc1nc(-c2ccccc2)cs1. The van der Waals surface area contributed by atoms with Crippen LogP contribution in [0.2, 0.25) is 0 Å². The third-order valence-corrected chi connectivity index (χ3v) is 3.63. The number of thiazole rings is 1. The first kappa shape index (κ1) is 13.6. The van der Waals surface area contributed by atoms with E-state index in [1.54, 1.807) is 6.08 Å². The summed E-state index contributed by atoms with van der Waals surface area (Å²) in [5, 5.41) is 2.78. The van der Waals surface area contributed by atoms with E-state index < -0.39 is 6.04 Å². The van der Waals surface area contributed by atoms with Crippen LogP contribution >= 0.6 is 11.3 Å². The third kappa shape index (κ3) is 3.59. The number of hydrogen-bond acceptors (Lipinski definition) is 4. The van der Waals surface area contributed by atoms with Gasteiger partial charge in [0.15, 0.2) is 5.78 Å². The maximum Gasteiger partial charge on any atom is 0.156 e. The van der Waals surface area contributed by atoms with Gasteiger partial charge in [-0.1, -0.05) is 36.4 Å². The predicted molar refractivity (Wildman–Crippen MR) is 79.1 cm³/mol. The molecule has 19 heavy (non-hydrogen) atoms. The van der Waals surface area contributed by atoms with Crippen molar-refractivity contribution in [2.75, 3.05) is 0 Å². The molecule has 2 N–H and O–H groups in total. The second kappa shape index (κ2) is 6.41. The highest BCUT2D eigenvalue weighted by molar-refractivity contribution is 7.10. The van der Waals surface area contributed by atoms with Gasteiger partial charge in [-0.2, -0.15) is 0 Å². The first-order valence-corrected chi connectivity index (χ1v) is 6.97. The van der Waals surface area contributed by atoms with E-state index in [4.69, 9.17) is 5.73 Å². The largest absolute Gasteiger partial charge is 0.321 e. The second-order valence-electron chi connectivity index (χ2n) is 4.27. The summed E-state index contributed by atoms with van der Waals surface area (Å²) >= 11 is 1.49. The minimum Gasteiger partial charge on any atom is -0.321 e. The van der Waals surface area contributed by atoms with E-state index in [2.05, 4.69) is 11.6 Å². The minimum absolute atomic E-state index is 0.00821. The Balaban J connectivity index is 2.06. The van der Waals surface area contributed by atoms with Crippen LogP contribution in [0.1, 0.15) is 11.4 Å². The highest BCUT2D eigenvalue weighted by Gasteiger charge is 2.14. The molecule has 0 spiro atoms. The molecule has 1 aromatic heterocycles. The molecule has 1 aromatic carbocycles. The Hall–Kier alpha value is -1.78. The number of carbonyl (C=O) groups is 1. The summed E-state index contributed by atoms with van der Waals surface area (Å²) in [5.41, 5.74) is 7.72.